The molecular weight excluding hydrogens is 407 g/mol. The van der Waals surface area contributed by atoms with E-state index in [0.717, 1.165) is 0 Å². The van der Waals surface area contributed by atoms with Crippen molar-refractivity contribution in [3.8, 4) is 0 Å². The predicted octanol–water partition coefficient (Wildman–Crippen LogP) is 1.34. The number of nitrogens with zero attached hydrogens (tertiary/aromatic N) is 3. The van der Waals surface area contributed by atoms with Crippen molar-refractivity contribution in [1.29, 1.82) is 0 Å². The Hall–Kier alpha value is -2.42. The van der Waals surface area contributed by atoms with E-state index in [2.05, 4.69) is 21.2 Å². The maximum Gasteiger partial charge on any atom is 0.329 e. The predicted molar refractivity (Wildman–Crippen MR) is 94.5 cm³/mol. The molecule has 0 saturated carbocycles. The lowest BCUT2D eigenvalue weighted by Gasteiger charge is -2.28. The number of hydrogen-bond acceptors (Lipinski definition) is 3. The van der Waals surface area contributed by atoms with Gasteiger partial charge in [-0.3, -0.25) is 18.7 Å². The molecule has 0 saturated heterocycles. The minimum absolute atomic E-state index is 0.140. The first-order valence-corrected chi connectivity index (χ1v) is 9.11. The topological polar surface area (TPSA) is 76.3 Å². The molecule has 0 radical (unpaired) electrons. The Morgan fingerprint density at radius 2 is 1.96 bits per heavy atom. The van der Waals surface area contributed by atoms with E-state index in [1.165, 1.54) is 21.6 Å². The maximum absolute atomic E-state index is 13.8. The third-order valence-corrected chi connectivity index (χ3v) is 5.42. The highest BCUT2D eigenvalue weighted by molar-refractivity contribution is 9.10. The quantitative estimate of drug-likeness (QED) is 0.753. The summed E-state index contributed by atoms with van der Waals surface area (Å²) in [5.41, 5.74) is 0.878. The largest absolute Gasteiger partial charge is 0.351 e. The number of aromatic nitrogens is 2. The summed E-state index contributed by atoms with van der Waals surface area (Å²) >= 11 is 3.07. The minimum atomic E-state index is -0.512. The first kappa shape index (κ1) is 17.0. The van der Waals surface area contributed by atoms with Gasteiger partial charge in [-0.2, -0.15) is 0 Å². The molecule has 1 aromatic heterocycles. The van der Waals surface area contributed by atoms with Crippen molar-refractivity contribution in [1.82, 2.24) is 19.4 Å². The highest BCUT2D eigenvalue weighted by Gasteiger charge is 2.32. The zero-order valence-electron chi connectivity index (χ0n) is 13.8. The van der Waals surface area contributed by atoms with E-state index in [1.807, 2.05) is 0 Å². The molecule has 2 aliphatic rings. The molecule has 2 aliphatic heterocycles. The van der Waals surface area contributed by atoms with Gasteiger partial charge >= 0.3 is 5.69 Å². The van der Waals surface area contributed by atoms with E-state index < -0.39 is 5.82 Å². The third-order valence-electron chi connectivity index (χ3n) is 4.78. The normalized spacial score (nSPS) is 16.5. The summed E-state index contributed by atoms with van der Waals surface area (Å²) in [7, 11) is 0. The number of benzene rings is 1. The van der Waals surface area contributed by atoms with Crippen molar-refractivity contribution in [3.05, 3.63) is 55.9 Å². The van der Waals surface area contributed by atoms with Gasteiger partial charge in [-0.05, 0) is 40.5 Å². The molecule has 4 rings (SSSR count). The van der Waals surface area contributed by atoms with Gasteiger partial charge in [-0.1, -0.05) is 0 Å². The maximum atomic E-state index is 13.8. The van der Waals surface area contributed by atoms with E-state index in [1.54, 1.807) is 10.6 Å². The summed E-state index contributed by atoms with van der Waals surface area (Å²) in [6.07, 6.45) is 0.683. The van der Waals surface area contributed by atoms with Crippen LogP contribution in [0.3, 0.4) is 0 Å². The van der Waals surface area contributed by atoms with Crippen molar-refractivity contribution >= 4 is 27.7 Å². The molecule has 1 aromatic carbocycles. The number of rotatable bonds is 1. The number of hydrogen-bond donors (Lipinski definition) is 1. The van der Waals surface area contributed by atoms with Crippen molar-refractivity contribution < 1.29 is 14.0 Å². The second-order valence-corrected chi connectivity index (χ2v) is 7.20. The number of amides is 2. The van der Waals surface area contributed by atoms with Crippen LogP contribution in [0.5, 0.6) is 0 Å². The minimum Gasteiger partial charge on any atom is -0.351 e. The van der Waals surface area contributed by atoms with Gasteiger partial charge in [0.15, 0.2) is 0 Å². The smallest absolute Gasteiger partial charge is 0.329 e. The van der Waals surface area contributed by atoms with Crippen LogP contribution in [0.4, 0.5) is 4.39 Å². The average Bonchev–Trinajstić information content (AvgIpc) is 2.77. The zero-order valence-corrected chi connectivity index (χ0v) is 15.4. The van der Waals surface area contributed by atoms with Crippen molar-refractivity contribution in [2.24, 2.45) is 0 Å². The molecule has 0 unspecified atom stereocenters. The van der Waals surface area contributed by atoms with Crippen molar-refractivity contribution in [2.45, 2.75) is 26.1 Å². The summed E-state index contributed by atoms with van der Waals surface area (Å²) in [5.74, 6) is -1.14. The Kier molecular flexibility index (Phi) is 4.18. The second kappa shape index (κ2) is 6.39. The molecule has 0 atom stereocenters. The van der Waals surface area contributed by atoms with Crippen molar-refractivity contribution in [2.75, 3.05) is 13.1 Å². The van der Waals surface area contributed by atoms with Crippen LogP contribution in [0.2, 0.25) is 0 Å². The van der Waals surface area contributed by atoms with Gasteiger partial charge in [-0.15, -0.1) is 0 Å². The lowest BCUT2D eigenvalue weighted by atomic mass is 10.1. The Morgan fingerprint density at radius 1 is 1.15 bits per heavy atom. The molecule has 7 nitrogen and oxygen atoms in total. The molecule has 2 aromatic rings. The molecule has 2 amide bonds. The van der Waals surface area contributed by atoms with Crippen LogP contribution in [-0.2, 0) is 19.6 Å². The number of nitrogens with one attached hydrogen (secondary N) is 1. The van der Waals surface area contributed by atoms with Crippen LogP contribution in [0.1, 0.15) is 33.0 Å². The highest BCUT2D eigenvalue weighted by Crippen LogP contribution is 2.22. The van der Waals surface area contributed by atoms with E-state index in [-0.39, 0.29) is 34.1 Å². The van der Waals surface area contributed by atoms with Gasteiger partial charge in [0, 0.05) is 31.7 Å². The Morgan fingerprint density at radius 3 is 2.73 bits per heavy atom. The molecule has 1 N–H and O–H groups in total. The lowest BCUT2D eigenvalue weighted by molar-refractivity contribution is 0.0706. The van der Waals surface area contributed by atoms with Crippen molar-refractivity contribution in [3.63, 3.8) is 0 Å². The van der Waals surface area contributed by atoms with Crippen LogP contribution in [0.25, 0.3) is 0 Å². The fraction of sp³-hybridized carbons (Fsp3) is 0.353. The molecule has 9 heteroatoms. The van der Waals surface area contributed by atoms with Crippen LogP contribution >= 0.6 is 15.9 Å². The number of carbonyl (C=O) groups excluding carboxylic acids is 2. The highest BCUT2D eigenvalue weighted by atomic mass is 79.9. The molecule has 0 fully saturated rings. The molecule has 136 valence electrons. The number of fused-ring (bicyclic) bond motifs is 3. The average molecular weight is 423 g/mol. The van der Waals surface area contributed by atoms with Gasteiger partial charge in [0.05, 0.1) is 16.7 Å². The van der Waals surface area contributed by atoms with Crippen LogP contribution in [-0.4, -0.2) is 38.9 Å². The van der Waals surface area contributed by atoms with Crippen LogP contribution in [0, 0.1) is 5.82 Å². The SMILES string of the molecule is O=C1NCCCn2c1c1n(c2=O)CCN(C(=O)c2ccc(Br)c(F)c2)C1. The lowest BCUT2D eigenvalue weighted by Crippen LogP contribution is -2.41. The van der Waals surface area contributed by atoms with Gasteiger partial charge in [0.2, 0.25) is 0 Å². The van der Waals surface area contributed by atoms with Gasteiger partial charge < -0.3 is 10.2 Å². The number of carbonyl (C=O) groups is 2. The van der Waals surface area contributed by atoms with Gasteiger partial charge in [-0.25, -0.2) is 9.18 Å². The summed E-state index contributed by atoms with van der Waals surface area (Å²) in [4.78, 5) is 39.2. The zero-order chi connectivity index (χ0) is 18.4. The van der Waals surface area contributed by atoms with Crippen LogP contribution in [0.15, 0.2) is 27.5 Å². The second-order valence-electron chi connectivity index (χ2n) is 6.35. The third kappa shape index (κ3) is 2.66. The van der Waals surface area contributed by atoms with E-state index in [9.17, 15) is 18.8 Å². The Bertz CT molecular complexity index is 981. The number of imidazole rings is 1. The number of halogens is 2. The molecule has 3 heterocycles. The summed E-state index contributed by atoms with van der Waals surface area (Å²) < 4.78 is 17.1. The standard InChI is InChI=1S/C17H16BrFN4O3/c18-11-3-2-10(8-12(11)19)16(25)21-6-7-22-13(9-21)14-15(24)20-4-1-5-23(14)17(22)26/h2-3,8H,1,4-7,9H2,(H,20,24). The van der Waals surface area contributed by atoms with E-state index in [0.29, 0.717) is 44.0 Å². The van der Waals surface area contributed by atoms with Crippen LogP contribution < -0.4 is 11.0 Å². The fourth-order valence-electron chi connectivity index (χ4n) is 3.48. The monoisotopic (exact) mass is 422 g/mol. The van der Waals surface area contributed by atoms with E-state index in [4.69, 9.17) is 0 Å². The summed E-state index contributed by atoms with van der Waals surface area (Å²) in [5, 5.41) is 2.78. The first-order valence-electron chi connectivity index (χ1n) is 8.32. The summed E-state index contributed by atoms with van der Waals surface area (Å²) in [6, 6.07) is 4.21. The molecule has 26 heavy (non-hydrogen) atoms. The Balaban J connectivity index is 1.69. The molecular formula is C17H16BrFN4O3. The van der Waals surface area contributed by atoms with Gasteiger partial charge in [0.25, 0.3) is 11.8 Å². The molecule has 0 aliphatic carbocycles. The van der Waals surface area contributed by atoms with E-state index >= 15 is 0 Å². The molecule has 0 bridgehead atoms. The Labute approximate surface area is 156 Å². The van der Waals surface area contributed by atoms with Gasteiger partial charge in [0.1, 0.15) is 11.5 Å². The first-order chi connectivity index (χ1) is 12.5. The summed E-state index contributed by atoms with van der Waals surface area (Å²) in [6.45, 7) is 1.77. The fourth-order valence-corrected chi connectivity index (χ4v) is 3.73. The molecule has 0 spiro atoms.